The second-order valence-corrected chi connectivity index (χ2v) is 7.73. The van der Waals surface area contributed by atoms with Gasteiger partial charge in [0.25, 0.3) is 0 Å². The molecule has 3 aromatic carbocycles. The number of hydrogen-bond donors (Lipinski definition) is 0. The van der Waals surface area contributed by atoms with Crippen molar-refractivity contribution in [1.82, 2.24) is 0 Å². The normalized spacial score (nSPS) is 16.6. The molecule has 3 aromatic rings. The molecular formula is C23H21NO2S. The molecule has 1 heterocycles. The van der Waals surface area contributed by atoms with E-state index in [4.69, 9.17) is 4.74 Å². The highest BCUT2D eigenvalue weighted by Crippen LogP contribution is 2.47. The van der Waals surface area contributed by atoms with Crippen molar-refractivity contribution in [1.29, 1.82) is 0 Å². The Morgan fingerprint density at radius 1 is 0.963 bits per heavy atom. The van der Waals surface area contributed by atoms with Crippen molar-refractivity contribution in [2.45, 2.75) is 23.1 Å². The molecule has 3 nitrogen and oxygen atoms in total. The Balaban J connectivity index is 1.72. The van der Waals surface area contributed by atoms with Crippen LogP contribution < -0.4 is 9.64 Å². The van der Waals surface area contributed by atoms with Gasteiger partial charge in [0, 0.05) is 22.1 Å². The van der Waals surface area contributed by atoms with Crippen LogP contribution >= 0.6 is 11.8 Å². The maximum atomic E-state index is 13.2. The standard InChI is InChI=1S/C23H21NO2S/c1-26-20-13-7-5-11-18(20)22-15-23(25)24(16-17-9-3-2-4-10-17)19-12-6-8-14-21(19)27-22/h2-14,22H,15-16H2,1H3. The lowest BCUT2D eigenvalue weighted by atomic mass is 10.1. The van der Waals surface area contributed by atoms with E-state index in [1.165, 1.54) is 0 Å². The number of hydrogen-bond acceptors (Lipinski definition) is 3. The molecule has 1 atom stereocenters. The van der Waals surface area contributed by atoms with Gasteiger partial charge in [0.05, 0.1) is 19.3 Å². The minimum Gasteiger partial charge on any atom is -0.496 e. The number of para-hydroxylation sites is 2. The molecule has 0 fully saturated rings. The van der Waals surface area contributed by atoms with Gasteiger partial charge in [-0.2, -0.15) is 0 Å². The smallest absolute Gasteiger partial charge is 0.228 e. The Bertz CT molecular complexity index is 942. The Kier molecular flexibility index (Phi) is 5.16. The fourth-order valence-electron chi connectivity index (χ4n) is 3.42. The maximum Gasteiger partial charge on any atom is 0.228 e. The lowest BCUT2D eigenvalue weighted by Gasteiger charge is -2.23. The van der Waals surface area contributed by atoms with Gasteiger partial charge in [0.2, 0.25) is 5.91 Å². The van der Waals surface area contributed by atoms with Crippen LogP contribution in [0.3, 0.4) is 0 Å². The molecule has 0 aliphatic carbocycles. The first kappa shape index (κ1) is 17.7. The van der Waals surface area contributed by atoms with Crippen LogP contribution in [0.1, 0.15) is 22.8 Å². The maximum absolute atomic E-state index is 13.2. The van der Waals surface area contributed by atoms with Gasteiger partial charge in [0.15, 0.2) is 0 Å². The number of anilines is 1. The third kappa shape index (κ3) is 3.71. The largest absolute Gasteiger partial charge is 0.496 e. The number of methoxy groups -OCH3 is 1. The number of thioether (sulfide) groups is 1. The minimum atomic E-state index is 0.0237. The third-order valence-corrected chi connectivity index (χ3v) is 6.06. The van der Waals surface area contributed by atoms with Crippen molar-refractivity contribution in [3.8, 4) is 5.75 Å². The van der Waals surface area contributed by atoms with Gasteiger partial charge < -0.3 is 9.64 Å². The summed E-state index contributed by atoms with van der Waals surface area (Å²) in [6.07, 6.45) is 0.437. The first-order chi connectivity index (χ1) is 13.3. The summed E-state index contributed by atoms with van der Waals surface area (Å²) in [6, 6.07) is 26.3. The van der Waals surface area contributed by atoms with Crippen LogP contribution in [-0.4, -0.2) is 13.0 Å². The average molecular weight is 375 g/mol. The van der Waals surface area contributed by atoms with Crippen LogP contribution in [0.4, 0.5) is 5.69 Å². The average Bonchev–Trinajstić information content (AvgIpc) is 2.85. The van der Waals surface area contributed by atoms with Crippen molar-refractivity contribution in [2.24, 2.45) is 0 Å². The van der Waals surface area contributed by atoms with Crippen LogP contribution in [0, 0.1) is 0 Å². The first-order valence-electron chi connectivity index (χ1n) is 8.99. The molecule has 1 aliphatic heterocycles. The molecule has 136 valence electrons. The monoisotopic (exact) mass is 375 g/mol. The number of nitrogens with zero attached hydrogens (tertiary/aromatic N) is 1. The van der Waals surface area contributed by atoms with E-state index in [1.807, 2.05) is 59.5 Å². The van der Waals surface area contributed by atoms with E-state index in [2.05, 4.69) is 24.3 Å². The molecule has 1 amide bonds. The van der Waals surface area contributed by atoms with Crippen molar-refractivity contribution in [3.05, 3.63) is 90.0 Å². The zero-order valence-electron chi connectivity index (χ0n) is 15.2. The Hall–Kier alpha value is -2.72. The van der Waals surface area contributed by atoms with E-state index in [9.17, 15) is 4.79 Å². The number of amides is 1. The summed E-state index contributed by atoms with van der Waals surface area (Å²) in [5.74, 6) is 0.962. The molecule has 1 unspecified atom stereocenters. The second kappa shape index (κ2) is 7.89. The molecule has 27 heavy (non-hydrogen) atoms. The quantitative estimate of drug-likeness (QED) is 0.606. The van der Waals surface area contributed by atoms with Gasteiger partial charge in [0.1, 0.15) is 5.75 Å². The minimum absolute atomic E-state index is 0.0237. The summed E-state index contributed by atoms with van der Waals surface area (Å²) in [6.45, 7) is 0.579. The predicted molar refractivity (Wildman–Crippen MR) is 110 cm³/mol. The van der Waals surface area contributed by atoms with E-state index < -0.39 is 0 Å². The van der Waals surface area contributed by atoms with Crippen LogP contribution in [-0.2, 0) is 11.3 Å². The van der Waals surface area contributed by atoms with E-state index in [1.54, 1.807) is 18.9 Å². The molecule has 0 radical (unpaired) electrons. The number of ether oxygens (including phenoxy) is 1. The van der Waals surface area contributed by atoms with Crippen molar-refractivity contribution < 1.29 is 9.53 Å². The van der Waals surface area contributed by atoms with Gasteiger partial charge >= 0.3 is 0 Å². The van der Waals surface area contributed by atoms with Crippen LogP contribution in [0.2, 0.25) is 0 Å². The molecule has 0 saturated heterocycles. The van der Waals surface area contributed by atoms with Crippen LogP contribution in [0.5, 0.6) is 5.75 Å². The van der Waals surface area contributed by atoms with E-state index >= 15 is 0 Å². The molecule has 0 saturated carbocycles. The summed E-state index contributed by atoms with van der Waals surface area (Å²) in [5, 5.41) is 0.0237. The summed E-state index contributed by atoms with van der Waals surface area (Å²) in [5.41, 5.74) is 3.17. The zero-order valence-corrected chi connectivity index (χ0v) is 16.0. The third-order valence-electron chi connectivity index (χ3n) is 4.76. The lowest BCUT2D eigenvalue weighted by Crippen LogP contribution is -2.30. The predicted octanol–water partition coefficient (Wildman–Crippen LogP) is 5.47. The van der Waals surface area contributed by atoms with Crippen molar-refractivity contribution >= 4 is 23.4 Å². The Morgan fingerprint density at radius 3 is 2.48 bits per heavy atom. The van der Waals surface area contributed by atoms with Crippen LogP contribution in [0.15, 0.2) is 83.8 Å². The molecule has 4 heteroatoms. The van der Waals surface area contributed by atoms with Gasteiger partial charge in [-0.05, 0) is 23.8 Å². The summed E-state index contributed by atoms with van der Waals surface area (Å²) >= 11 is 1.74. The molecule has 0 aromatic heterocycles. The number of carbonyl (C=O) groups excluding carboxylic acids is 1. The highest BCUT2D eigenvalue weighted by atomic mass is 32.2. The number of benzene rings is 3. The van der Waals surface area contributed by atoms with E-state index in [0.29, 0.717) is 13.0 Å². The van der Waals surface area contributed by atoms with Crippen molar-refractivity contribution in [3.63, 3.8) is 0 Å². The molecule has 4 rings (SSSR count). The fourth-order valence-corrected chi connectivity index (χ4v) is 4.73. The van der Waals surface area contributed by atoms with E-state index in [0.717, 1.165) is 27.5 Å². The summed E-state index contributed by atoms with van der Waals surface area (Å²) in [7, 11) is 1.68. The highest BCUT2D eigenvalue weighted by molar-refractivity contribution is 7.99. The number of carbonyl (C=O) groups is 1. The molecule has 0 spiro atoms. The first-order valence-corrected chi connectivity index (χ1v) is 9.87. The SMILES string of the molecule is COc1ccccc1C1CC(=O)N(Cc2ccccc2)c2ccccc2S1. The van der Waals surface area contributed by atoms with E-state index in [-0.39, 0.29) is 11.2 Å². The number of fused-ring (bicyclic) bond motifs is 1. The molecular weight excluding hydrogens is 354 g/mol. The number of rotatable bonds is 4. The van der Waals surface area contributed by atoms with Gasteiger partial charge in [-0.15, -0.1) is 11.8 Å². The molecule has 0 N–H and O–H groups in total. The topological polar surface area (TPSA) is 29.5 Å². The lowest BCUT2D eigenvalue weighted by molar-refractivity contribution is -0.118. The second-order valence-electron chi connectivity index (χ2n) is 6.49. The van der Waals surface area contributed by atoms with Gasteiger partial charge in [-0.1, -0.05) is 60.7 Å². The highest BCUT2D eigenvalue weighted by Gasteiger charge is 2.30. The Labute approximate surface area is 164 Å². The van der Waals surface area contributed by atoms with Gasteiger partial charge in [-0.25, -0.2) is 0 Å². The zero-order chi connectivity index (χ0) is 18.6. The summed E-state index contributed by atoms with van der Waals surface area (Å²) in [4.78, 5) is 16.3. The van der Waals surface area contributed by atoms with Crippen LogP contribution in [0.25, 0.3) is 0 Å². The Morgan fingerprint density at radius 2 is 1.67 bits per heavy atom. The van der Waals surface area contributed by atoms with Crippen molar-refractivity contribution in [2.75, 3.05) is 12.0 Å². The molecule has 1 aliphatic rings. The fraction of sp³-hybridized carbons (Fsp3) is 0.174. The molecule has 0 bridgehead atoms. The van der Waals surface area contributed by atoms with Gasteiger partial charge in [-0.3, -0.25) is 4.79 Å². The summed E-state index contributed by atoms with van der Waals surface area (Å²) < 4.78 is 5.55.